The molecule has 0 bridgehead atoms. The first-order chi connectivity index (χ1) is 11.5. The second-order valence-electron chi connectivity index (χ2n) is 5.82. The minimum absolute atomic E-state index is 0.144. The standard InChI is InChI=1S/C17H14F3N3O/c18-17(19,20)13-3-1-2-11(6-13)12-7-16-15(21-8-12)9-22-23(16)10-14-4-5-24-14/h1-3,6-9,14H,4-5,10H2. The number of rotatable bonds is 3. The van der Waals surface area contributed by atoms with Crippen LogP contribution in [0, 0.1) is 0 Å². The Hall–Kier alpha value is -2.41. The van der Waals surface area contributed by atoms with Crippen molar-refractivity contribution < 1.29 is 17.9 Å². The van der Waals surface area contributed by atoms with Crippen molar-refractivity contribution in [2.75, 3.05) is 6.61 Å². The lowest BCUT2D eigenvalue weighted by Gasteiger charge is -2.26. The Morgan fingerprint density at radius 3 is 2.71 bits per heavy atom. The fourth-order valence-corrected chi connectivity index (χ4v) is 2.76. The van der Waals surface area contributed by atoms with Crippen LogP contribution >= 0.6 is 0 Å². The molecular weight excluding hydrogens is 319 g/mol. The van der Waals surface area contributed by atoms with Crippen LogP contribution in [0.5, 0.6) is 0 Å². The molecule has 4 nitrogen and oxygen atoms in total. The molecule has 1 unspecified atom stereocenters. The number of alkyl halides is 3. The van der Waals surface area contributed by atoms with Crippen LogP contribution in [0.4, 0.5) is 13.2 Å². The molecule has 0 N–H and O–H groups in total. The van der Waals surface area contributed by atoms with Gasteiger partial charge in [-0.25, -0.2) is 0 Å². The Kier molecular flexibility index (Phi) is 3.53. The molecule has 1 aliphatic heterocycles. The molecule has 1 aromatic carbocycles. The summed E-state index contributed by atoms with van der Waals surface area (Å²) in [5.41, 5.74) is 1.94. The minimum Gasteiger partial charge on any atom is -0.376 e. The first-order valence-corrected chi connectivity index (χ1v) is 7.61. The number of hydrogen-bond donors (Lipinski definition) is 0. The maximum atomic E-state index is 12.9. The van der Waals surface area contributed by atoms with E-state index in [0.717, 1.165) is 30.7 Å². The van der Waals surface area contributed by atoms with Crippen molar-refractivity contribution in [2.45, 2.75) is 25.2 Å². The van der Waals surface area contributed by atoms with Crippen molar-refractivity contribution in [2.24, 2.45) is 0 Å². The van der Waals surface area contributed by atoms with Crippen LogP contribution in [0.1, 0.15) is 12.0 Å². The average molecular weight is 333 g/mol. The van der Waals surface area contributed by atoms with Gasteiger partial charge < -0.3 is 4.74 Å². The molecule has 0 spiro atoms. The third-order valence-electron chi connectivity index (χ3n) is 4.19. The highest BCUT2D eigenvalue weighted by Crippen LogP contribution is 2.32. The van der Waals surface area contributed by atoms with E-state index < -0.39 is 11.7 Å². The van der Waals surface area contributed by atoms with Crippen molar-refractivity contribution in [1.29, 1.82) is 0 Å². The van der Waals surface area contributed by atoms with Crippen molar-refractivity contribution in [3.63, 3.8) is 0 Å². The van der Waals surface area contributed by atoms with Gasteiger partial charge in [0.05, 0.1) is 29.9 Å². The van der Waals surface area contributed by atoms with Gasteiger partial charge in [0, 0.05) is 18.4 Å². The summed E-state index contributed by atoms with van der Waals surface area (Å²) in [6.45, 7) is 1.38. The van der Waals surface area contributed by atoms with E-state index in [1.807, 2.05) is 6.07 Å². The number of pyridine rings is 1. The van der Waals surface area contributed by atoms with E-state index in [1.165, 1.54) is 6.07 Å². The number of benzene rings is 1. The zero-order valence-electron chi connectivity index (χ0n) is 12.6. The summed E-state index contributed by atoms with van der Waals surface area (Å²) in [7, 11) is 0. The van der Waals surface area contributed by atoms with Gasteiger partial charge in [-0.05, 0) is 30.2 Å². The first-order valence-electron chi connectivity index (χ1n) is 7.61. The molecule has 2 aromatic heterocycles. The van der Waals surface area contributed by atoms with Gasteiger partial charge in [-0.2, -0.15) is 18.3 Å². The van der Waals surface area contributed by atoms with Crippen LogP contribution in [0.2, 0.25) is 0 Å². The quantitative estimate of drug-likeness (QED) is 0.730. The van der Waals surface area contributed by atoms with Gasteiger partial charge in [0.1, 0.15) is 5.52 Å². The van der Waals surface area contributed by atoms with E-state index in [0.29, 0.717) is 23.2 Å². The van der Waals surface area contributed by atoms with E-state index in [2.05, 4.69) is 10.1 Å². The minimum atomic E-state index is -4.36. The van der Waals surface area contributed by atoms with E-state index in [9.17, 15) is 13.2 Å². The third kappa shape index (κ3) is 2.75. The lowest BCUT2D eigenvalue weighted by molar-refractivity contribution is -0.137. The molecule has 124 valence electrons. The number of fused-ring (bicyclic) bond motifs is 1. The predicted octanol–water partition coefficient (Wildman–Crippen LogP) is 3.91. The Morgan fingerprint density at radius 2 is 2.00 bits per heavy atom. The lowest BCUT2D eigenvalue weighted by atomic mass is 10.0. The number of hydrogen-bond acceptors (Lipinski definition) is 3. The average Bonchev–Trinajstić information content (AvgIpc) is 2.92. The molecule has 24 heavy (non-hydrogen) atoms. The van der Waals surface area contributed by atoms with Crippen molar-refractivity contribution in [3.05, 3.63) is 48.3 Å². The van der Waals surface area contributed by atoms with Gasteiger partial charge in [0.15, 0.2) is 0 Å². The summed E-state index contributed by atoms with van der Waals surface area (Å²) < 4.78 is 45.9. The molecule has 4 rings (SSSR count). The zero-order chi connectivity index (χ0) is 16.7. The molecule has 1 aliphatic rings. The van der Waals surface area contributed by atoms with Crippen molar-refractivity contribution in [1.82, 2.24) is 14.8 Å². The Morgan fingerprint density at radius 1 is 1.17 bits per heavy atom. The molecular formula is C17H14F3N3O. The smallest absolute Gasteiger partial charge is 0.376 e. The third-order valence-corrected chi connectivity index (χ3v) is 4.19. The molecule has 1 atom stereocenters. The summed E-state index contributed by atoms with van der Waals surface area (Å²) in [5.74, 6) is 0. The van der Waals surface area contributed by atoms with Crippen LogP contribution in [-0.4, -0.2) is 27.5 Å². The van der Waals surface area contributed by atoms with Gasteiger partial charge in [-0.1, -0.05) is 12.1 Å². The molecule has 0 saturated carbocycles. The molecule has 1 fully saturated rings. The highest BCUT2D eigenvalue weighted by atomic mass is 19.4. The van der Waals surface area contributed by atoms with E-state index in [1.54, 1.807) is 23.1 Å². The Bertz CT molecular complexity index is 884. The Labute approximate surface area is 135 Å². The number of nitrogens with zero attached hydrogens (tertiary/aromatic N) is 3. The molecule has 0 aliphatic carbocycles. The normalized spacial score (nSPS) is 17.9. The summed E-state index contributed by atoms with van der Waals surface area (Å²) >= 11 is 0. The number of aromatic nitrogens is 3. The van der Waals surface area contributed by atoms with Crippen LogP contribution < -0.4 is 0 Å². The summed E-state index contributed by atoms with van der Waals surface area (Å²) in [6, 6.07) is 7.07. The lowest BCUT2D eigenvalue weighted by Crippen LogP contribution is -2.31. The zero-order valence-corrected chi connectivity index (χ0v) is 12.6. The molecule has 0 radical (unpaired) electrons. The van der Waals surface area contributed by atoms with Crippen LogP contribution in [0.25, 0.3) is 22.2 Å². The second kappa shape index (κ2) is 5.59. The largest absolute Gasteiger partial charge is 0.416 e. The van der Waals surface area contributed by atoms with Gasteiger partial charge in [-0.3, -0.25) is 9.67 Å². The molecule has 3 heterocycles. The summed E-state index contributed by atoms with van der Waals surface area (Å²) in [6.07, 6.45) is -0.00244. The monoisotopic (exact) mass is 333 g/mol. The summed E-state index contributed by atoms with van der Waals surface area (Å²) in [5, 5.41) is 4.30. The predicted molar refractivity (Wildman–Crippen MR) is 82.3 cm³/mol. The second-order valence-corrected chi connectivity index (χ2v) is 5.82. The highest BCUT2D eigenvalue weighted by Gasteiger charge is 2.30. The highest BCUT2D eigenvalue weighted by molar-refractivity contribution is 5.80. The van der Waals surface area contributed by atoms with E-state index in [-0.39, 0.29) is 6.10 Å². The van der Waals surface area contributed by atoms with Gasteiger partial charge in [0.2, 0.25) is 0 Å². The van der Waals surface area contributed by atoms with Crippen LogP contribution in [0.15, 0.2) is 42.7 Å². The molecule has 3 aromatic rings. The maximum absolute atomic E-state index is 12.9. The van der Waals surface area contributed by atoms with Crippen LogP contribution in [-0.2, 0) is 17.5 Å². The first kappa shape index (κ1) is 15.1. The molecule has 1 saturated heterocycles. The molecule has 7 heteroatoms. The van der Waals surface area contributed by atoms with Crippen LogP contribution in [0.3, 0.4) is 0 Å². The van der Waals surface area contributed by atoms with E-state index in [4.69, 9.17) is 4.74 Å². The topological polar surface area (TPSA) is 39.9 Å². The summed E-state index contributed by atoms with van der Waals surface area (Å²) in [4.78, 5) is 4.32. The fourth-order valence-electron chi connectivity index (χ4n) is 2.76. The van der Waals surface area contributed by atoms with Gasteiger partial charge in [0.25, 0.3) is 0 Å². The number of ether oxygens (including phenoxy) is 1. The Balaban J connectivity index is 1.73. The van der Waals surface area contributed by atoms with E-state index >= 15 is 0 Å². The number of halogens is 3. The van der Waals surface area contributed by atoms with Gasteiger partial charge >= 0.3 is 6.18 Å². The SMILES string of the molecule is FC(F)(F)c1cccc(-c2cnc3cnn(CC4CCO4)c3c2)c1. The fraction of sp³-hybridized carbons (Fsp3) is 0.294. The van der Waals surface area contributed by atoms with Crippen molar-refractivity contribution >= 4 is 11.0 Å². The van der Waals surface area contributed by atoms with Crippen molar-refractivity contribution in [3.8, 4) is 11.1 Å². The van der Waals surface area contributed by atoms with Gasteiger partial charge in [-0.15, -0.1) is 0 Å². The molecule has 0 amide bonds. The maximum Gasteiger partial charge on any atom is 0.416 e.